The van der Waals surface area contributed by atoms with Gasteiger partial charge in [-0.3, -0.25) is 4.79 Å². The highest BCUT2D eigenvalue weighted by molar-refractivity contribution is 6.30. The minimum absolute atomic E-state index is 0.0471. The van der Waals surface area contributed by atoms with E-state index >= 15 is 0 Å². The highest BCUT2D eigenvalue weighted by atomic mass is 35.5. The van der Waals surface area contributed by atoms with Gasteiger partial charge in [0.1, 0.15) is 19.3 Å². The van der Waals surface area contributed by atoms with Crippen molar-refractivity contribution in [3.05, 3.63) is 70.0 Å². The van der Waals surface area contributed by atoms with Gasteiger partial charge in [-0.25, -0.2) is 4.79 Å². The van der Waals surface area contributed by atoms with Crippen LogP contribution in [0.4, 0.5) is 5.69 Å². The molecule has 9 heteroatoms. The number of carbonyl (C=O) groups is 2. The number of carbonyl (C=O) groups excluding carboxylic acids is 2. The van der Waals surface area contributed by atoms with Crippen molar-refractivity contribution in [2.24, 2.45) is 0 Å². The fraction of sp³-hybridized carbons (Fsp3) is 0.136. The number of hydrogen-bond donors (Lipinski definition) is 1. The molecule has 0 unspecified atom stereocenters. The SMILES string of the molecule is COC(=O)c1c(N)c(C#N)cn1-c1cc2c(cc1C(=O)c1ccc(Cl)cc1)OCCO2. The third-order valence-electron chi connectivity index (χ3n) is 4.81. The van der Waals surface area contributed by atoms with Crippen LogP contribution in [0, 0.1) is 11.3 Å². The first-order valence-electron chi connectivity index (χ1n) is 9.18. The molecule has 156 valence electrons. The molecule has 0 bridgehead atoms. The normalized spacial score (nSPS) is 12.2. The third-order valence-corrected chi connectivity index (χ3v) is 5.07. The molecule has 2 N–H and O–H groups in total. The third kappa shape index (κ3) is 3.56. The molecule has 0 radical (unpaired) electrons. The standard InChI is InChI=1S/C22H16ClN3O5/c1-29-22(28)20-19(25)13(10-24)11-26(20)16-9-18-17(30-6-7-31-18)8-15(16)21(27)12-2-4-14(23)5-3-12/h2-5,8-9,11H,6-7,25H2,1H3. The summed E-state index contributed by atoms with van der Waals surface area (Å²) in [6, 6.07) is 11.5. The number of aromatic nitrogens is 1. The summed E-state index contributed by atoms with van der Waals surface area (Å²) in [5, 5.41) is 9.90. The van der Waals surface area contributed by atoms with Crippen molar-refractivity contribution in [1.82, 2.24) is 4.57 Å². The van der Waals surface area contributed by atoms with Gasteiger partial charge in [0, 0.05) is 22.8 Å². The minimum atomic E-state index is -0.751. The van der Waals surface area contributed by atoms with E-state index in [-0.39, 0.29) is 34.0 Å². The fourth-order valence-electron chi connectivity index (χ4n) is 3.32. The van der Waals surface area contributed by atoms with Gasteiger partial charge in [0.2, 0.25) is 0 Å². The molecule has 4 rings (SSSR count). The van der Waals surface area contributed by atoms with Crippen molar-refractivity contribution in [3.63, 3.8) is 0 Å². The van der Waals surface area contributed by atoms with Crippen LogP contribution in [0.5, 0.6) is 11.5 Å². The average molecular weight is 438 g/mol. The molecule has 0 fully saturated rings. The largest absolute Gasteiger partial charge is 0.486 e. The summed E-state index contributed by atoms with van der Waals surface area (Å²) in [4.78, 5) is 25.8. The van der Waals surface area contributed by atoms with E-state index in [2.05, 4.69) is 0 Å². The molecule has 31 heavy (non-hydrogen) atoms. The summed E-state index contributed by atoms with van der Waals surface area (Å²) in [6.07, 6.45) is 1.38. The molecule has 1 aromatic heterocycles. The van der Waals surface area contributed by atoms with Crippen molar-refractivity contribution in [2.45, 2.75) is 0 Å². The molecule has 8 nitrogen and oxygen atoms in total. The molecule has 0 saturated heterocycles. The minimum Gasteiger partial charge on any atom is -0.486 e. The van der Waals surface area contributed by atoms with E-state index in [1.165, 1.54) is 17.9 Å². The zero-order valence-corrected chi connectivity index (χ0v) is 17.1. The maximum absolute atomic E-state index is 13.4. The Kier molecular flexibility index (Phi) is 5.28. The van der Waals surface area contributed by atoms with Crippen molar-refractivity contribution in [1.29, 1.82) is 5.26 Å². The number of nitrogens with two attached hydrogens (primary N) is 1. The van der Waals surface area contributed by atoms with Gasteiger partial charge in [0.25, 0.3) is 0 Å². The number of fused-ring (bicyclic) bond motifs is 1. The lowest BCUT2D eigenvalue weighted by Gasteiger charge is -2.22. The van der Waals surface area contributed by atoms with E-state index < -0.39 is 5.97 Å². The lowest BCUT2D eigenvalue weighted by molar-refractivity contribution is 0.0592. The molecule has 1 aliphatic heterocycles. The number of nitriles is 1. The zero-order chi connectivity index (χ0) is 22.1. The van der Waals surface area contributed by atoms with E-state index in [9.17, 15) is 14.9 Å². The summed E-state index contributed by atoms with van der Waals surface area (Å²) in [6.45, 7) is 0.668. The van der Waals surface area contributed by atoms with Crippen LogP contribution in [0.25, 0.3) is 5.69 Å². The summed E-state index contributed by atoms with van der Waals surface area (Å²) in [7, 11) is 1.20. The topological polar surface area (TPSA) is 117 Å². The van der Waals surface area contributed by atoms with Crippen molar-refractivity contribution < 1.29 is 23.8 Å². The van der Waals surface area contributed by atoms with Gasteiger partial charge < -0.3 is 24.5 Å². The molecule has 1 aliphatic rings. The smallest absolute Gasteiger partial charge is 0.357 e. The maximum Gasteiger partial charge on any atom is 0.357 e. The van der Waals surface area contributed by atoms with Crippen LogP contribution < -0.4 is 15.2 Å². The van der Waals surface area contributed by atoms with Gasteiger partial charge in [-0.1, -0.05) is 11.6 Å². The first-order chi connectivity index (χ1) is 14.9. The van der Waals surface area contributed by atoms with Crippen LogP contribution in [0.3, 0.4) is 0 Å². The Morgan fingerprint density at radius 1 is 1.16 bits per heavy atom. The van der Waals surface area contributed by atoms with Crippen LogP contribution >= 0.6 is 11.6 Å². The summed E-state index contributed by atoms with van der Waals surface area (Å²) >= 11 is 5.94. The van der Waals surface area contributed by atoms with E-state index in [0.29, 0.717) is 35.3 Å². The van der Waals surface area contributed by atoms with Crippen molar-refractivity contribution >= 4 is 29.0 Å². The summed E-state index contributed by atoms with van der Waals surface area (Å²) < 4.78 is 17.5. The molecule has 0 amide bonds. The quantitative estimate of drug-likeness (QED) is 0.491. The Morgan fingerprint density at radius 3 is 2.42 bits per heavy atom. The molecule has 0 spiro atoms. The Hall–Kier alpha value is -3.96. The monoisotopic (exact) mass is 437 g/mol. The second-order valence-electron chi connectivity index (χ2n) is 6.63. The lowest BCUT2D eigenvalue weighted by Crippen LogP contribution is -2.18. The Morgan fingerprint density at radius 2 is 1.81 bits per heavy atom. The van der Waals surface area contributed by atoms with Crippen LogP contribution in [-0.2, 0) is 4.74 Å². The van der Waals surface area contributed by atoms with Crippen LogP contribution in [0.1, 0.15) is 32.0 Å². The Bertz CT molecular complexity index is 1240. The van der Waals surface area contributed by atoms with E-state index in [4.69, 9.17) is 31.5 Å². The van der Waals surface area contributed by atoms with Crippen LogP contribution in [0.2, 0.25) is 5.02 Å². The first kappa shape index (κ1) is 20.3. The van der Waals surface area contributed by atoms with E-state index in [1.54, 1.807) is 36.4 Å². The average Bonchev–Trinajstić information content (AvgIpc) is 3.13. The molecule has 0 aliphatic carbocycles. The van der Waals surface area contributed by atoms with E-state index in [1.807, 2.05) is 6.07 Å². The first-order valence-corrected chi connectivity index (χ1v) is 9.56. The van der Waals surface area contributed by atoms with Crippen molar-refractivity contribution in [2.75, 3.05) is 26.1 Å². The van der Waals surface area contributed by atoms with E-state index in [0.717, 1.165) is 0 Å². The molecule has 3 aromatic rings. The second kappa shape index (κ2) is 8.05. The zero-order valence-electron chi connectivity index (χ0n) is 16.3. The van der Waals surface area contributed by atoms with Crippen LogP contribution in [0.15, 0.2) is 42.6 Å². The number of ketones is 1. The van der Waals surface area contributed by atoms with Gasteiger partial charge in [-0.2, -0.15) is 5.26 Å². The molecule has 2 aromatic carbocycles. The highest BCUT2D eigenvalue weighted by Gasteiger charge is 2.27. The Balaban J connectivity index is 1.98. The Labute approximate surface area is 182 Å². The lowest BCUT2D eigenvalue weighted by atomic mass is 10.0. The number of nitrogens with zero attached hydrogens (tertiary/aromatic N) is 2. The number of benzene rings is 2. The van der Waals surface area contributed by atoms with Gasteiger partial charge >= 0.3 is 5.97 Å². The van der Waals surface area contributed by atoms with Gasteiger partial charge in [0.15, 0.2) is 23.0 Å². The number of esters is 1. The maximum atomic E-state index is 13.4. The van der Waals surface area contributed by atoms with Gasteiger partial charge in [0.05, 0.1) is 29.6 Å². The summed E-state index contributed by atoms with van der Waals surface area (Å²) in [5.74, 6) is -0.299. The number of methoxy groups -OCH3 is 1. The fourth-order valence-corrected chi connectivity index (χ4v) is 3.45. The summed E-state index contributed by atoms with van der Waals surface area (Å²) in [5.41, 5.74) is 6.86. The number of hydrogen-bond acceptors (Lipinski definition) is 7. The molecule has 0 saturated carbocycles. The number of halogens is 1. The predicted molar refractivity (Wildman–Crippen MR) is 112 cm³/mol. The predicted octanol–water partition coefficient (Wildman–Crippen LogP) is 3.37. The highest BCUT2D eigenvalue weighted by Crippen LogP contribution is 2.37. The van der Waals surface area contributed by atoms with Gasteiger partial charge in [-0.05, 0) is 30.3 Å². The second-order valence-corrected chi connectivity index (χ2v) is 7.06. The number of nitrogen functional groups attached to an aromatic ring is 1. The molecule has 0 atom stereocenters. The van der Waals surface area contributed by atoms with Crippen LogP contribution in [-0.4, -0.2) is 36.6 Å². The molecular formula is C22H16ClN3O5. The molecule has 2 heterocycles. The molecular weight excluding hydrogens is 422 g/mol. The van der Waals surface area contributed by atoms with Crippen molar-refractivity contribution in [3.8, 4) is 23.3 Å². The number of rotatable bonds is 4. The van der Waals surface area contributed by atoms with Gasteiger partial charge in [-0.15, -0.1) is 0 Å². The number of anilines is 1. The number of ether oxygens (including phenoxy) is 3.